The van der Waals surface area contributed by atoms with Gasteiger partial charge in [0.2, 0.25) is 0 Å². The smallest absolute Gasteiger partial charge is 0.291 e. The molecular formula is C18H18N6O4. The summed E-state index contributed by atoms with van der Waals surface area (Å²) in [5.74, 6) is -0.332. The summed E-state index contributed by atoms with van der Waals surface area (Å²) in [7, 11) is 0. The molecule has 144 valence electrons. The van der Waals surface area contributed by atoms with Gasteiger partial charge in [-0.3, -0.25) is 9.59 Å². The predicted octanol–water partition coefficient (Wildman–Crippen LogP) is 1.17. The summed E-state index contributed by atoms with van der Waals surface area (Å²) in [5.41, 5.74) is 7.30. The number of carbonyl (C=O) groups excluding carboxylic acids is 2. The fourth-order valence-corrected chi connectivity index (χ4v) is 2.86. The number of hydrogen-bond acceptors (Lipinski definition) is 7. The Morgan fingerprint density at radius 3 is 2.71 bits per heavy atom. The number of nitrogens with zero attached hydrogens (tertiary/aromatic N) is 4. The molecule has 0 atom stereocenters. The third-order valence-corrected chi connectivity index (χ3v) is 4.30. The van der Waals surface area contributed by atoms with Crippen molar-refractivity contribution >= 4 is 23.3 Å². The summed E-state index contributed by atoms with van der Waals surface area (Å²) in [6, 6.07) is 10.1. The van der Waals surface area contributed by atoms with Crippen LogP contribution in [0.5, 0.6) is 0 Å². The van der Waals surface area contributed by atoms with E-state index in [-0.39, 0.29) is 29.1 Å². The molecule has 0 spiro atoms. The summed E-state index contributed by atoms with van der Waals surface area (Å²) in [6.07, 6.45) is 1.43. The number of hydrogen-bond donors (Lipinski definition) is 2. The maximum absolute atomic E-state index is 12.6. The Morgan fingerprint density at radius 1 is 1.14 bits per heavy atom. The third-order valence-electron chi connectivity index (χ3n) is 4.30. The number of rotatable bonds is 4. The second-order valence-corrected chi connectivity index (χ2v) is 6.12. The van der Waals surface area contributed by atoms with Crippen molar-refractivity contribution < 1.29 is 18.7 Å². The maximum Gasteiger partial charge on any atom is 0.291 e. The molecule has 0 saturated carbocycles. The van der Waals surface area contributed by atoms with E-state index in [1.165, 1.54) is 10.9 Å². The van der Waals surface area contributed by atoms with E-state index in [1.807, 2.05) is 0 Å². The lowest BCUT2D eigenvalue weighted by Gasteiger charge is -2.26. The van der Waals surface area contributed by atoms with Gasteiger partial charge in [0, 0.05) is 18.8 Å². The average Bonchev–Trinajstić information content (AvgIpc) is 3.38. The van der Waals surface area contributed by atoms with Gasteiger partial charge < -0.3 is 25.1 Å². The van der Waals surface area contributed by atoms with E-state index >= 15 is 0 Å². The molecule has 1 aromatic carbocycles. The molecule has 0 radical (unpaired) electrons. The lowest BCUT2D eigenvalue weighted by atomic mass is 10.2. The van der Waals surface area contributed by atoms with Gasteiger partial charge in [-0.15, -0.1) is 5.10 Å². The topological polar surface area (TPSA) is 129 Å². The molecule has 1 aliphatic rings. The molecule has 2 aromatic heterocycles. The summed E-state index contributed by atoms with van der Waals surface area (Å²) in [4.78, 5) is 26.4. The standard InChI is InChI=1S/C18H18N6O4/c19-16-15(18(26)23-6-9-27-10-7-23)21-22-24(16)13-4-1-3-12(11-13)20-17(25)14-5-2-8-28-14/h1-5,8,11H,6-7,9-10,19H2,(H,20,25). The number of morpholine rings is 1. The number of nitrogens with one attached hydrogen (secondary N) is 1. The van der Waals surface area contributed by atoms with Crippen molar-refractivity contribution in [2.24, 2.45) is 0 Å². The molecule has 28 heavy (non-hydrogen) atoms. The zero-order valence-electron chi connectivity index (χ0n) is 14.9. The number of carbonyl (C=O) groups is 2. The van der Waals surface area contributed by atoms with Gasteiger partial charge in [-0.1, -0.05) is 11.3 Å². The molecule has 3 aromatic rings. The van der Waals surface area contributed by atoms with E-state index < -0.39 is 0 Å². The van der Waals surface area contributed by atoms with Gasteiger partial charge in [0.1, 0.15) is 0 Å². The lowest BCUT2D eigenvalue weighted by Crippen LogP contribution is -2.41. The Bertz CT molecular complexity index is 991. The molecule has 0 bridgehead atoms. The van der Waals surface area contributed by atoms with Crippen LogP contribution in [-0.2, 0) is 4.74 Å². The van der Waals surface area contributed by atoms with Crippen molar-refractivity contribution in [2.45, 2.75) is 0 Å². The molecule has 4 rings (SSSR count). The maximum atomic E-state index is 12.6. The number of furan rings is 1. The number of anilines is 2. The Balaban J connectivity index is 1.55. The highest BCUT2D eigenvalue weighted by atomic mass is 16.5. The van der Waals surface area contributed by atoms with Crippen molar-refractivity contribution in [2.75, 3.05) is 37.4 Å². The molecular weight excluding hydrogens is 364 g/mol. The quantitative estimate of drug-likeness (QED) is 0.693. The molecule has 10 heteroatoms. The van der Waals surface area contributed by atoms with Crippen LogP contribution in [0.3, 0.4) is 0 Å². The monoisotopic (exact) mass is 382 g/mol. The second kappa shape index (κ2) is 7.53. The molecule has 1 fully saturated rings. The zero-order valence-corrected chi connectivity index (χ0v) is 14.9. The van der Waals surface area contributed by atoms with Gasteiger partial charge in [0.25, 0.3) is 11.8 Å². The first-order valence-corrected chi connectivity index (χ1v) is 8.67. The summed E-state index contributed by atoms with van der Waals surface area (Å²) in [5, 5.41) is 10.7. The highest BCUT2D eigenvalue weighted by Crippen LogP contribution is 2.20. The first kappa shape index (κ1) is 17.7. The summed E-state index contributed by atoms with van der Waals surface area (Å²) in [6.45, 7) is 1.94. The van der Waals surface area contributed by atoms with Gasteiger partial charge in [-0.2, -0.15) is 4.68 Å². The van der Waals surface area contributed by atoms with Crippen LogP contribution in [0, 0.1) is 0 Å². The lowest BCUT2D eigenvalue weighted by molar-refractivity contribution is 0.0299. The van der Waals surface area contributed by atoms with Gasteiger partial charge in [-0.25, -0.2) is 0 Å². The van der Waals surface area contributed by atoms with Crippen molar-refractivity contribution in [3.8, 4) is 5.69 Å². The van der Waals surface area contributed by atoms with Crippen LogP contribution < -0.4 is 11.1 Å². The van der Waals surface area contributed by atoms with Crippen LogP contribution >= 0.6 is 0 Å². The molecule has 1 aliphatic heterocycles. The van der Waals surface area contributed by atoms with E-state index in [4.69, 9.17) is 14.9 Å². The van der Waals surface area contributed by atoms with Gasteiger partial charge >= 0.3 is 0 Å². The van der Waals surface area contributed by atoms with Crippen LogP contribution in [-0.4, -0.2) is 58.0 Å². The Hall–Kier alpha value is -3.66. The Kier molecular flexibility index (Phi) is 4.77. The number of benzene rings is 1. The van der Waals surface area contributed by atoms with Crippen LogP contribution in [0.2, 0.25) is 0 Å². The number of amides is 2. The van der Waals surface area contributed by atoms with E-state index in [0.29, 0.717) is 37.7 Å². The molecule has 1 saturated heterocycles. The van der Waals surface area contributed by atoms with E-state index in [9.17, 15) is 9.59 Å². The Morgan fingerprint density at radius 2 is 1.96 bits per heavy atom. The van der Waals surface area contributed by atoms with E-state index in [2.05, 4.69) is 15.6 Å². The van der Waals surface area contributed by atoms with Gasteiger partial charge in [0.05, 0.1) is 25.2 Å². The van der Waals surface area contributed by atoms with Crippen molar-refractivity contribution in [3.05, 3.63) is 54.1 Å². The fraction of sp³-hybridized carbons (Fsp3) is 0.222. The molecule has 3 heterocycles. The Labute approximate surface area is 159 Å². The summed E-state index contributed by atoms with van der Waals surface area (Å²) < 4.78 is 11.7. The van der Waals surface area contributed by atoms with Gasteiger partial charge in [0.15, 0.2) is 17.3 Å². The third kappa shape index (κ3) is 3.45. The minimum absolute atomic E-state index is 0.0897. The van der Waals surface area contributed by atoms with Crippen LogP contribution in [0.15, 0.2) is 47.1 Å². The largest absolute Gasteiger partial charge is 0.459 e. The first-order chi connectivity index (χ1) is 13.6. The first-order valence-electron chi connectivity index (χ1n) is 8.67. The van der Waals surface area contributed by atoms with E-state index in [0.717, 1.165) is 0 Å². The minimum Gasteiger partial charge on any atom is -0.459 e. The van der Waals surface area contributed by atoms with Gasteiger partial charge in [-0.05, 0) is 30.3 Å². The molecule has 0 unspecified atom stereocenters. The van der Waals surface area contributed by atoms with Crippen molar-refractivity contribution in [3.63, 3.8) is 0 Å². The molecule has 2 amide bonds. The van der Waals surface area contributed by atoms with Crippen molar-refractivity contribution in [1.82, 2.24) is 19.9 Å². The highest BCUT2D eigenvalue weighted by Gasteiger charge is 2.25. The van der Waals surface area contributed by atoms with Crippen LogP contribution in [0.4, 0.5) is 11.5 Å². The van der Waals surface area contributed by atoms with E-state index in [1.54, 1.807) is 41.3 Å². The number of nitrogen functional groups attached to an aromatic ring is 1. The SMILES string of the molecule is Nc1c(C(=O)N2CCOCC2)nnn1-c1cccc(NC(=O)c2ccco2)c1. The number of ether oxygens (including phenoxy) is 1. The molecule has 0 aliphatic carbocycles. The van der Waals surface area contributed by atoms with Crippen molar-refractivity contribution in [1.29, 1.82) is 0 Å². The van der Waals surface area contributed by atoms with Crippen LogP contribution in [0.1, 0.15) is 21.0 Å². The van der Waals surface area contributed by atoms with Crippen LogP contribution in [0.25, 0.3) is 5.69 Å². The minimum atomic E-state index is -0.378. The summed E-state index contributed by atoms with van der Waals surface area (Å²) >= 11 is 0. The molecule has 10 nitrogen and oxygen atoms in total. The number of aromatic nitrogens is 3. The zero-order chi connectivity index (χ0) is 19.5. The average molecular weight is 382 g/mol. The second-order valence-electron chi connectivity index (χ2n) is 6.12. The fourth-order valence-electron chi connectivity index (χ4n) is 2.86. The normalized spacial score (nSPS) is 14.1. The molecule has 3 N–H and O–H groups in total. The number of nitrogens with two attached hydrogens (primary N) is 1. The predicted molar refractivity (Wildman–Crippen MR) is 99.2 cm³/mol. The highest BCUT2D eigenvalue weighted by molar-refractivity contribution is 6.02.